The van der Waals surface area contributed by atoms with Crippen LogP contribution in [0.3, 0.4) is 0 Å². The third-order valence-corrected chi connectivity index (χ3v) is 5.10. The molecule has 6 heteroatoms. The predicted octanol–water partition coefficient (Wildman–Crippen LogP) is 5.47. The van der Waals surface area contributed by atoms with Crippen LogP contribution in [0.25, 0.3) is 0 Å². The van der Waals surface area contributed by atoms with Crippen molar-refractivity contribution in [3.05, 3.63) is 57.5 Å². The van der Waals surface area contributed by atoms with Crippen LogP contribution in [0.15, 0.2) is 39.2 Å². The first kappa shape index (κ1) is 18.5. The van der Waals surface area contributed by atoms with Crippen molar-refractivity contribution in [1.29, 1.82) is 0 Å². The number of nitrogens with zero attached hydrogens (tertiary/aromatic N) is 1. The summed E-state index contributed by atoms with van der Waals surface area (Å²) in [5.74, 6) is 0.278. The van der Waals surface area contributed by atoms with Gasteiger partial charge in [-0.25, -0.2) is 8.78 Å². The van der Waals surface area contributed by atoms with Crippen LogP contribution in [0.1, 0.15) is 41.9 Å². The quantitative estimate of drug-likeness (QED) is 0.601. The van der Waals surface area contributed by atoms with Gasteiger partial charge in [-0.3, -0.25) is 4.90 Å². The number of furan rings is 1. The fourth-order valence-corrected chi connectivity index (χ4v) is 3.72. The molecule has 0 amide bonds. The minimum Gasteiger partial charge on any atom is -0.459 e. The molecule has 1 aromatic carbocycles. The molecular weight excluding hydrogens is 392 g/mol. The van der Waals surface area contributed by atoms with E-state index in [1.54, 1.807) is 6.07 Å². The van der Waals surface area contributed by atoms with E-state index in [1.807, 2.05) is 6.92 Å². The molecule has 25 heavy (non-hydrogen) atoms. The van der Waals surface area contributed by atoms with Crippen LogP contribution in [0.4, 0.5) is 8.78 Å². The van der Waals surface area contributed by atoms with Crippen LogP contribution in [0, 0.1) is 6.92 Å². The van der Waals surface area contributed by atoms with Crippen molar-refractivity contribution < 1.29 is 17.9 Å². The Hall–Kier alpha value is -1.24. The average molecular weight is 414 g/mol. The molecule has 3 nitrogen and oxygen atoms in total. The zero-order valence-corrected chi connectivity index (χ0v) is 15.8. The number of benzene rings is 1. The van der Waals surface area contributed by atoms with Gasteiger partial charge in [0.15, 0.2) is 5.76 Å². The first-order valence-corrected chi connectivity index (χ1v) is 9.26. The minimum absolute atomic E-state index is 0.189. The van der Waals surface area contributed by atoms with Crippen molar-refractivity contribution >= 4 is 15.9 Å². The molecule has 0 radical (unpaired) electrons. The highest BCUT2D eigenvalue weighted by atomic mass is 79.9. The summed E-state index contributed by atoms with van der Waals surface area (Å²) in [6, 6.07) is 9.24. The maximum Gasteiger partial charge on any atom is 0.295 e. The van der Waals surface area contributed by atoms with Crippen molar-refractivity contribution in [2.45, 2.75) is 45.4 Å². The van der Waals surface area contributed by atoms with E-state index in [4.69, 9.17) is 9.15 Å². The Labute approximate surface area is 155 Å². The van der Waals surface area contributed by atoms with Crippen molar-refractivity contribution in [2.24, 2.45) is 0 Å². The van der Waals surface area contributed by atoms with Gasteiger partial charge in [0.2, 0.25) is 0 Å². The molecule has 136 valence electrons. The van der Waals surface area contributed by atoms with Gasteiger partial charge < -0.3 is 9.15 Å². The van der Waals surface area contributed by atoms with E-state index in [1.165, 1.54) is 11.6 Å². The molecule has 3 rings (SSSR count). The van der Waals surface area contributed by atoms with Gasteiger partial charge in [-0.2, -0.15) is 0 Å². The smallest absolute Gasteiger partial charge is 0.295 e. The zero-order valence-electron chi connectivity index (χ0n) is 14.2. The maximum atomic E-state index is 12.7. The monoisotopic (exact) mass is 413 g/mol. The molecule has 2 heterocycles. The molecule has 1 atom stereocenters. The van der Waals surface area contributed by atoms with Gasteiger partial charge in [0.25, 0.3) is 6.43 Å². The van der Waals surface area contributed by atoms with Crippen LogP contribution in [0.2, 0.25) is 0 Å². The van der Waals surface area contributed by atoms with Crippen LogP contribution in [-0.2, 0) is 17.8 Å². The molecule has 0 spiro atoms. The summed E-state index contributed by atoms with van der Waals surface area (Å²) in [5, 5.41) is 0. The summed E-state index contributed by atoms with van der Waals surface area (Å²) in [6.45, 7) is 4.78. The first-order chi connectivity index (χ1) is 12.0. The van der Waals surface area contributed by atoms with Gasteiger partial charge >= 0.3 is 0 Å². The Kier molecular flexibility index (Phi) is 6.25. The molecular formula is C19H22BrF2NO2. The topological polar surface area (TPSA) is 25.6 Å². The minimum atomic E-state index is -2.58. The second-order valence-corrected chi connectivity index (χ2v) is 7.36. The largest absolute Gasteiger partial charge is 0.459 e. The summed E-state index contributed by atoms with van der Waals surface area (Å²) in [4.78, 5) is 2.19. The normalized spacial score (nSPS) is 17.8. The molecule has 0 saturated carbocycles. The highest BCUT2D eigenvalue weighted by Crippen LogP contribution is 2.25. The lowest BCUT2D eigenvalue weighted by Gasteiger charge is -2.25. The number of hydrogen-bond donors (Lipinski definition) is 0. The Balaban J connectivity index is 1.73. The fraction of sp³-hybridized carbons (Fsp3) is 0.474. The number of hydrogen-bond acceptors (Lipinski definition) is 3. The number of halogens is 3. The first-order valence-electron chi connectivity index (χ1n) is 8.47. The van der Waals surface area contributed by atoms with Crippen LogP contribution in [0.5, 0.6) is 0 Å². The molecule has 0 N–H and O–H groups in total. The summed E-state index contributed by atoms with van der Waals surface area (Å²) in [5.41, 5.74) is 2.35. The molecule has 0 aliphatic carbocycles. The molecule has 1 fully saturated rings. The molecule has 1 aromatic heterocycles. The summed E-state index contributed by atoms with van der Waals surface area (Å²) in [6.07, 6.45) is -0.282. The van der Waals surface area contributed by atoms with Gasteiger partial charge in [-0.05, 0) is 49.1 Å². The van der Waals surface area contributed by atoms with Crippen molar-refractivity contribution in [1.82, 2.24) is 4.90 Å². The number of ether oxygens (including phenoxy) is 1. The van der Waals surface area contributed by atoms with Crippen LogP contribution in [-0.4, -0.2) is 24.2 Å². The molecule has 1 aliphatic heterocycles. The molecule has 0 bridgehead atoms. The van der Waals surface area contributed by atoms with Gasteiger partial charge in [-0.1, -0.05) is 28.1 Å². The van der Waals surface area contributed by atoms with E-state index in [9.17, 15) is 8.78 Å². The third kappa shape index (κ3) is 5.12. The van der Waals surface area contributed by atoms with Crippen LogP contribution < -0.4 is 0 Å². The van der Waals surface area contributed by atoms with Crippen LogP contribution >= 0.6 is 15.9 Å². The van der Waals surface area contributed by atoms with Crippen molar-refractivity contribution in [2.75, 3.05) is 13.2 Å². The maximum absolute atomic E-state index is 12.7. The van der Waals surface area contributed by atoms with E-state index >= 15 is 0 Å². The molecule has 1 aliphatic rings. The Morgan fingerprint density at radius 3 is 2.72 bits per heavy atom. The molecule has 2 aromatic rings. The van der Waals surface area contributed by atoms with Crippen molar-refractivity contribution in [3.63, 3.8) is 0 Å². The lowest BCUT2D eigenvalue weighted by atomic mass is 10.1. The Morgan fingerprint density at radius 1 is 1.24 bits per heavy atom. The van der Waals surface area contributed by atoms with Gasteiger partial charge in [0.1, 0.15) is 5.76 Å². The van der Waals surface area contributed by atoms with Gasteiger partial charge in [0, 0.05) is 24.2 Å². The fourth-order valence-electron chi connectivity index (χ4n) is 3.10. The number of rotatable bonds is 7. The molecule has 1 saturated heterocycles. The zero-order chi connectivity index (χ0) is 17.8. The number of aryl methyl sites for hydroxylation is 1. The Morgan fingerprint density at radius 2 is 2.08 bits per heavy atom. The average Bonchev–Trinajstić information content (AvgIpc) is 3.22. The van der Waals surface area contributed by atoms with E-state index in [-0.39, 0.29) is 11.9 Å². The van der Waals surface area contributed by atoms with Gasteiger partial charge in [0.05, 0.1) is 12.6 Å². The second-order valence-electron chi connectivity index (χ2n) is 6.50. The highest BCUT2D eigenvalue weighted by Gasteiger charge is 2.21. The summed E-state index contributed by atoms with van der Waals surface area (Å²) in [7, 11) is 0. The predicted molar refractivity (Wildman–Crippen MR) is 95.6 cm³/mol. The highest BCUT2D eigenvalue weighted by molar-refractivity contribution is 9.10. The standard InChI is InChI=1S/C19H22BrF2NO2/c1-13-4-5-14(17(20)9-13)10-23(11-15-3-2-8-24-15)12-16-6-7-18(25-16)19(21)22/h4-7,9,15,19H,2-3,8,10-12H2,1H3. The van der Waals surface area contributed by atoms with E-state index in [0.717, 1.165) is 36.0 Å². The lowest BCUT2D eigenvalue weighted by Crippen LogP contribution is -2.31. The SMILES string of the molecule is Cc1ccc(CN(Cc2ccc(C(F)F)o2)CC2CCCO2)c(Br)c1. The van der Waals surface area contributed by atoms with Crippen molar-refractivity contribution in [3.8, 4) is 0 Å². The summed E-state index contributed by atoms with van der Waals surface area (Å²) < 4.78 is 37.6. The lowest BCUT2D eigenvalue weighted by molar-refractivity contribution is 0.0638. The second kappa shape index (κ2) is 8.43. The van der Waals surface area contributed by atoms with E-state index < -0.39 is 6.43 Å². The van der Waals surface area contributed by atoms with Gasteiger partial charge in [-0.15, -0.1) is 0 Å². The van der Waals surface area contributed by atoms with E-state index in [2.05, 4.69) is 39.0 Å². The Bertz CT molecular complexity index is 698. The van der Waals surface area contributed by atoms with E-state index in [0.29, 0.717) is 18.8 Å². The third-order valence-electron chi connectivity index (χ3n) is 4.37. The summed E-state index contributed by atoms with van der Waals surface area (Å²) >= 11 is 3.62. The number of alkyl halides is 2. The molecule has 1 unspecified atom stereocenters.